The van der Waals surface area contributed by atoms with E-state index < -0.39 is 0 Å². The predicted octanol–water partition coefficient (Wildman–Crippen LogP) is 1.54. The van der Waals surface area contributed by atoms with Crippen LogP contribution in [0.5, 0.6) is 0 Å². The molecule has 0 saturated carbocycles. The van der Waals surface area contributed by atoms with Crippen LogP contribution in [0.25, 0.3) is 0 Å². The minimum atomic E-state index is -0.000915. The van der Waals surface area contributed by atoms with E-state index in [2.05, 4.69) is 15.1 Å². The largest absolute Gasteiger partial charge is 0.339 e. The van der Waals surface area contributed by atoms with Gasteiger partial charge in [-0.2, -0.15) is 4.98 Å². The van der Waals surface area contributed by atoms with Gasteiger partial charge in [0.05, 0.1) is 18.2 Å². The van der Waals surface area contributed by atoms with Crippen LogP contribution < -0.4 is 0 Å². The molecule has 1 amide bonds. The van der Waals surface area contributed by atoms with Gasteiger partial charge in [0, 0.05) is 25.6 Å². The van der Waals surface area contributed by atoms with E-state index in [1.807, 2.05) is 25.1 Å². The number of aryl methyl sites for hydroxylation is 1. The van der Waals surface area contributed by atoms with Gasteiger partial charge < -0.3 is 9.42 Å². The summed E-state index contributed by atoms with van der Waals surface area (Å²) in [5, 5.41) is 3.89. The molecule has 0 aliphatic carbocycles. The molecule has 0 radical (unpaired) electrons. The smallest absolute Gasteiger partial charge is 0.232 e. The maximum atomic E-state index is 12.0. The zero-order chi connectivity index (χ0) is 13.9. The fourth-order valence-corrected chi connectivity index (χ4v) is 2.35. The maximum Gasteiger partial charge on any atom is 0.232 e. The van der Waals surface area contributed by atoms with Crippen molar-refractivity contribution in [2.24, 2.45) is 0 Å². The standard InChI is InChI=1S/C14H16N4O2/c1-2-12-16-14(20-17-12)10-7-13(19)18(8-10)9-11-5-3-4-6-15-11/h3-6,10H,2,7-9H2,1H3/t10-/m0/s1. The molecule has 3 heterocycles. The molecule has 1 fully saturated rings. The molecular weight excluding hydrogens is 256 g/mol. The molecule has 2 aromatic heterocycles. The van der Waals surface area contributed by atoms with Crippen LogP contribution in [0.3, 0.4) is 0 Å². The topological polar surface area (TPSA) is 72.1 Å². The minimum absolute atomic E-state index is 0.000915. The molecule has 1 atom stereocenters. The quantitative estimate of drug-likeness (QED) is 0.844. The Labute approximate surface area is 116 Å². The predicted molar refractivity (Wildman–Crippen MR) is 70.7 cm³/mol. The molecule has 0 aromatic carbocycles. The summed E-state index contributed by atoms with van der Waals surface area (Å²) in [7, 11) is 0. The van der Waals surface area contributed by atoms with Crippen molar-refractivity contribution in [3.63, 3.8) is 0 Å². The number of likely N-dealkylation sites (tertiary alicyclic amines) is 1. The fourth-order valence-electron chi connectivity index (χ4n) is 2.35. The van der Waals surface area contributed by atoms with Crippen molar-refractivity contribution in [1.82, 2.24) is 20.0 Å². The third-order valence-corrected chi connectivity index (χ3v) is 3.44. The van der Waals surface area contributed by atoms with Crippen molar-refractivity contribution in [1.29, 1.82) is 0 Å². The number of hydrogen-bond donors (Lipinski definition) is 0. The Bertz CT molecular complexity index is 596. The number of carbonyl (C=O) groups is 1. The van der Waals surface area contributed by atoms with Gasteiger partial charge in [-0.25, -0.2) is 0 Å². The van der Waals surface area contributed by atoms with E-state index in [0.29, 0.717) is 31.2 Å². The van der Waals surface area contributed by atoms with Gasteiger partial charge in [0.15, 0.2) is 5.82 Å². The highest BCUT2D eigenvalue weighted by molar-refractivity contribution is 5.79. The first-order valence-electron chi connectivity index (χ1n) is 6.76. The number of nitrogens with zero attached hydrogens (tertiary/aromatic N) is 4. The van der Waals surface area contributed by atoms with E-state index >= 15 is 0 Å². The van der Waals surface area contributed by atoms with E-state index in [4.69, 9.17) is 4.52 Å². The van der Waals surface area contributed by atoms with Gasteiger partial charge in [0.25, 0.3) is 0 Å². The normalized spacial score (nSPS) is 18.8. The van der Waals surface area contributed by atoms with Crippen LogP contribution in [-0.2, 0) is 17.8 Å². The molecule has 6 nitrogen and oxygen atoms in total. The highest BCUT2D eigenvalue weighted by Gasteiger charge is 2.34. The number of aromatic nitrogens is 3. The summed E-state index contributed by atoms with van der Waals surface area (Å²) in [5.41, 5.74) is 0.890. The summed E-state index contributed by atoms with van der Waals surface area (Å²) in [6.45, 7) is 3.12. The van der Waals surface area contributed by atoms with Gasteiger partial charge in [-0.05, 0) is 12.1 Å². The Morgan fingerprint density at radius 1 is 1.45 bits per heavy atom. The summed E-state index contributed by atoms with van der Waals surface area (Å²) >= 11 is 0. The summed E-state index contributed by atoms with van der Waals surface area (Å²) < 4.78 is 5.23. The monoisotopic (exact) mass is 272 g/mol. The maximum absolute atomic E-state index is 12.0. The summed E-state index contributed by atoms with van der Waals surface area (Å²) in [6.07, 6.45) is 2.90. The lowest BCUT2D eigenvalue weighted by Crippen LogP contribution is -2.24. The van der Waals surface area contributed by atoms with Crippen molar-refractivity contribution >= 4 is 5.91 Å². The number of rotatable bonds is 4. The molecule has 104 valence electrons. The van der Waals surface area contributed by atoms with Gasteiger partial charge in [-0.15, -0.1) is 0 Å². The Kier molecular flexibility index (Phi) is 3.45. The SMILES string of the molecule is CCc1noc([C@H]2CC(=O)N(Cc3ccccn3)C2)n1. The Morgan fingerprint density at radius 3 is 3.05 bits per heavy atom. The van der Waals surface area contributed by atoms with Crippen LogP contribution in [0.4, 0.5) is 0 Å². The molecule has 0 bridgehead atoms. The molecule has 1 aliphatic rings. The van der Waals surface area contributed by atoms with E-state index in [1.165, 1.54) is 0 Å². The summed E-state index contributed by atoms with van der Waals surface area (Å²) in [6, 6.07) is 5.71. The van der Waals surface area contributed by atoms with Crippen LogP contribution in [0.1, 0.15) is 36.7 Å². The van der Waals surface area contributed by atoms with Crippen molar-refractivity contribution in [2.75, 3.05) is 6.54 Å². The Morgan fingerprint density at radius 2 is 2.35 bits per heavy atom. The first kappa shape index (κ1) is 12.8. The van der Waals surface area contributed by atoms with Crippen LogP contribution in [0.15, 0.2) is 28.9 Å². The van der Waals surface area contributed by atoms with E-state index in [-0.39, 0.29) is 11.8 Å². The van der Waals surface area contributed by atoms with Gasteiger partial charge in [-0.1, -0.05) is 18.1 Å². The van der Waals surface area contributed by atoms with Crippen LogP contribution in [-0.4, -0.2) is 32.5 Å². The van der Waals surface area contributed by atoms with Crippen molar-refractivity contribution < 1.29 is 9.32 Å². The average Bonchev–Trinajstić information content (AvgIpc) is 3.07. The second-order valence-electron chi connectivity index (χ2n) is 4.90. The summed E-state index contributed by atoms with van der Waals surface area (Å²) in [4.78, 5) is 22.4. The lowest BCUT2D eigenvalue weighted by Gasteiger charge is -2.15. The van der Waals surface area contributed by atoms with Gasteiger partial charge in [-0.3, -0.25) is 9.78 Å². The second-order valence-corrected chi connectivity index (χ2v) is 4.90. The molecule has 2 aromatic rings. The molecule has 1 saturated heterocycles. The highest BCUT2D eigenvalue weighted by Crippen LogP contribution is 2.27. The molecule has 3 rings (SSSR count). The van der Waals surface area contributed by atoms with Crippen LogP contribution >= 0.6 is 0 Å². The molecule has 0 spiro atoms. The lowest BCUT2D eigenvalue weighted by molar-refractivity contribution is -0.128. The van der Waals surface area contributed by atoms with Gasteiger partial charge in [0.2, 0.25) is 11.8 Å². The van der Waals surface area contributed by atoms with Crippen LogP contribution in [0, 0.1) is 0 Å². The van der Waals surface area contributed by atoms with E-state index in [9.17, 15) is 4.79 Å². The van der Waals surface area contributed by atoms with E-state index in [1.54, 1.807) is 11.1 Å². The van der Waals surface area contributed by atoms with Crippen molar-refractivity contribution in [3.05, 3.63) is 41.8 Å². The highest BCUT2D eigenvalue weighted by atomic mass is 16.5. The zero-order valence-electron chi connectivity index (χ0n) is 11.3. The average molecular weight is 272 g/mol. The number of carbonyl (C=O) groups excluding carboxylic acids is 1. The van der Waals surface area contributed by atoms with Crippen molar-refractivity contribution in [2.45, 2.75) is 32.2 Å². The molecule has 6 heteroatoms. The first-order chi connectivity index (χ1) is 9.76. The molecule has 0 N–H and O–H groups in total. The molecular formula is C14H16N4O2. The third-order valence-electron chi connectivity index (χ3n) is 3.44. The van der Waals surface area contributed by atoms with Gasteiger partial charge in [0.1, 0.15) is 0 Å². The zero-order valence-corrected chi connectivity index (χ0v) is 11.3. The Balaban J connectivity index is 1.69. The molecule has 1 aliphatic heterocycles. The third kappa shape index (κ3) is 2.54. The number of hydrogen-bond acceptors (Lipinski definition) is 5. The molecule has 20 heavy (non-hydrogen) atoms. The molecule has 0 unspecified atom stereocenters. The van der Waals surface area contributed by atoms with E-state index in [0.717, 1.165) is 12.1 Å². The van der Waals surface area contributed by atoms with Crippen molar-refractivity contribution in [3.8, 4) is 0 Å². The van der Waals surface area contributed by atoms with Gasteiger partial charge >= 0.3 is 0 Å². The summed E-state index contributed by atoms with van der Waals surface area (Å²) in [5.74, 6) is 1.37. The number of pyridine rings is 1. The Hall–Kier alpha value is -2.24. The fraction of sp³-hybridized carbons (Fsp3) is 0.429. The second kappa shape index (κ2) is 5.40. The first-order valence-corrected chi connectivity index (χ1v) is 6.76. The van der Waals surface area contributed by atoms with Crippen LogP contribution in [0.2, 0.25) is 0 Å². The minimum Gasteiger partial charge on any atom is -0.339 e. The lowest BCUT2D eigenvalue weighted by atomic mass is 10.1. The number of amides is 1.